The van der Waals surface area contributed by atoms with Crippen LogP contribution in [-0.2, 0) is 4.79 Å². The molecule has 10 heteroatoms. The Kier molecular flexibility index (Phi) is 5.84. The van der Waals surface area contributed by atoms with Gasteiger partial charge in [-0.25, -0.2) is 18.2 Å². The number of thiophene rings is 1. The summed E-state index contributed by atoms with van der Waals surface area (Å²) in [6.45, 7) is 1.58. The van der Waals surface area contributed by atoms with Crippen LogP contribution < -0.4 is 10.9 Å². The molecule has 1 N–H and O–H groups in total. The molecule has 0 unspecified atom stereocenters. The van der Waals surface area contributed by atoms with Crippen LogP contribution >= 0.6 is 23.1 Å². The van der Waals surface area contributed by atoms with Gasteiger partial charge < -0.3 is 5.32 Å². The zero-order chi connectivity index (χ0) is 22.1. The Labute approximate surface area is 182 Å². The first-order valence-electron chi connectivity index (χ1n) is 8.97. The number of nitrogens with zero attached hydrogens (tertiary/aromatic N) is 2. The summed E-state index contributed by atoms with van der Waals surface area (Å²) in [5, 5.41) is 4.39. The van der Waals surface area contributed by atoms with Crippen molar-refractivity contribution in [3.8, 4) is 5.69 Å². The molecule has 0 bridgehead atoms. The molecule has 0 saturated heterocycles. The predicted molar refractivity (Wildman–Crippen MR) is 116 cm³/mol. The van der Waals surface area contributed by atoms with Crippen molar-refractivity contribution in [2.75, 3.05) is 11.1 Å². The Hall–Kier alpha value is -3.11. The molecule has 2 aromatic carbocycles. The Morgan fingerprint density at radius 1 is 1.13 bits per heavy atom. The number of aromatic nitrogens is 2. The van der Waals surface area contributed by atoms with E-state index in [1.165, 1.54) is 34.1 Å². The van der Waals surface area contributed by atoms with Crippen LogP contribution in [0.1, 0.15) is 5.56 Å². The summed E-state index contributed by atoms with van der Waals surface area (Å²) in [4.78, 5) is 29.8. The number of rotatable bonds is 5. The van der Waals surface area contributed by atoms with Crippen LogP contribution in [-0.4, -0.2) is 21.2 Å². The van der Waals surface area contributed by atoms with Crippen molar-refractivity contribution in [2.24, 2.45) is 0 Å². The number of thioether (sulfide) groups is 1. The highest BCUT2D eigenvalue weighted by molar-refractivity contribution is 7.99. The molecule has 4 aromatic rings. The van der Waals surface area contributed by atoms with Crippen molar-refractivity contribution >= 4 is 44.9 Å². The number of hydrogen-bond acceptors (Lipinski definition) is 5. The van der Waals surface area contributed by atoms with Gasteiger partial charge in [0.15, 0.2) is 5.16 Å². The molecule has 0 spiro atoms. The second-order valence-electron chi connectivity index (χ2n) is 6.60. The Balaban J connectivity index is 1.65. The monoisotopic (exact) mass is 461 g/mol. The van der Waals surface area contributed by atoms with Crippen LogP contribution in [0.3, 0.4) is 0 Å². The minimum absolute atomic E-state index is 0.0177. The third kappa shape index (κ3) is 4.49. The minimum atomic E-state index is -0.812. The van der Waals surface area contributed by atoms with Crippen LogP contribution in [0.5, 0.6) is 0 Å². The quantitative estimate of drug-likeness (QED) is 0.339. The van der Waals surface area contributed by atoms with E-state index >= 15 is 0 Å². The summed E-state index contributed by atoms with van der Waals surface area (Å²) in [5.74, 6) is -2.73. The largest absolute Gasteiger partial charge is 0.325 e. The molecular formula is C21H14F3N3O2S2. The number of anilines is 1. The van der Waals surface area contributed by atoms with E-state index in [4.69, 9.17) is 0 Å². The molecule has 2 aromatic heterocycles. The second-order valence-corrected chi connectivity index (χ2v) is 8.46. The predicted octanol–water partition coefficient (Wildman–Crippen LogP) is 4.90. The number of amides is 1. The van der Waals surface area contributed by atoms with Crippen LogP contribution in [0.15, 0.2) is 57.8 Å². The van der Waals surface area contributed by atoms with Gasteiger partial charge in [0, 0.05) is 11.8 Å². The van der Waals surface area contributed by atoms with Crippen molar-refractivity contribution in [3.05, 3.63) is 81.2 Å². The lowest BCUT2D eigenvalue weighted by atomic mass is 10.2. The van der Waals surface area contributed by atoms with Gasteiger partial charge in [-0.05, 0) is 54.3 Å². The van der Waals surface area contributed by atoms with E-state index in [1.807, 2.05) is 0 Å². The van der Waals surface area contributed by atoms with E-state index in [0.29, 0.717) is 27.5 Å². The third-order valence-corrected chi connectivity index (χ3v) is 6.16. The maximum absolute atomic E-state index is 13.7. The minimum Gasteiger partial charge on any atom is -0.325 e. The molecule has 4 rings (SSSR count). The first kappa shape index (κ1) is 21.1. The van der Waals surface area contributed by atoms with Gasteiger partial charge in [-0.2, -0.15) is 0 Å². The van der Waals surface area contributed by atoms with E-state index in [9.17, 15) is 22.8 Å². The lowest BCUT2D eigenvalue weighted by Crippen LogP contribution is -2.22. The number of carbonyl (C=O) groups excluding carboxylic acids is 1. The van der Waals surface area contributed by atoms with Crippen LogP contribution in [0, 0.1) is 24.4 Å². The zero-order valence-electron chi connectivity index (χ0n) is 16.0. The van der Waals surface area contributed by atoms with Crippen LogP contribution in [0.4, 0.5) is 18.9 Å². The van der Waals surface area contributed by atoms with Crippen molar-refractivity contribution in [1.29, 1.82) is 0 Å². The Bertz CT molecular complexity index is 1350. The SMILES string of the molecule is Cc1cc(-n2c(SCC(=O)Nc3cc(F)cc(F)c3)nc3ccsc3c2=O)ccc1F. The van der Waals surface area contributed by atoms with Gasteiger partial charge >= 0.3 is 0 Å². The Morgan fingerprint density at radius 3 is 2.58 bits per heavy atom. The van der Waals surface area contributed by atoms with E-state index in [2.05, 4.69) is 10.3 Å². The average molecular weight is 461 g/mol. The molecule has 0 fully saturated rings. The zero-order valence-corrected chi connectivity index (χ0v) is 17.6. The summed E-state index contributed by atoms with van der Waals surface area (Å²) < 4.78 is 42.1. The number of aryl methyl sites for hydroxylation is 1. The fraction of sp³-hybridized carbons (Fsp3) is 0.0952. The summed E-state index contributed by atoms with van der Waals surface area (Å²) in [6.07, 6.45) is 0. The molecule has 0 radical (unpaired) electrons. The van der Waals surface area contributed by atoms with Crippen molar-refractivity contribution in [3.63, 3.8) is 0 Å². The van der Waals surface area contributed by atoms with E-state index in [0.717, 1.165) is 23.9 Å². The maximum Gasteiger partial charge on any atom is 0.276 e. The number of carbonyl (C=O) groups is 1. The molecule has 1 amide bonds. The van der Waals surface area contributed by atoms with Crippen LogP contribution in [0.25, 0.3) is 15.9 Å². The van der Waals surface area contributed by atoms with Gasteiger partial charge in [-0.15, -0.1) is 11.3 Å². The topological polar surface area (TPSA) is 64.0 Å². The van der Waals surface area contributed by atoms with Crippen molar-refractivity contribution in [1.82, 2.24) is 9.55 Å². The second kappa shape index (κ2) is 8.56. The number of benzene rings is 2. The highest BCUT2D eigenvalue weighted by Gasteiger charge is 2.17. The molecule has 158 valence electrons. The molecule has 0 saturated carbocycles. The van der Waals surface area contributed by atoms with Gasteiger partial charge in [0.1, 0.15) is 22.2 Å². The summed E-state index contributed by atoms with van der Waals surface area (Å²) in [6, 6.07) is 8.64. The van der Waals surface area contributed by atoms with Gasteiger partial charge in [-0.1, -0.05) is 11.8 Å². The highest BCUT2D eigenvalue weighted by atomic mass is 32.2. The molecular weight excluding hydrogens is 447 g/mol. The summed E-state index contributed by atoms with van der Waals surface area (Å²) in [7, 11) is 0. The number of fused-ring (bicyclic) bond motifs is 1. The van der Waals surface area contributed by atoms with Gasteiger partial charge in [0.05, 0.1) is 17.0 Å². The molecule has 0 aliphatic heterocycles. The lowest BCUT2D eigenvalue weighted by Gasteiger charge is -2.13. The fourth-order valence-electron chi connectivity index (χ4n) is 2.94. The Morgan fingerprint density at radius 2 is 1.87 bits per heavy atom. The molecule has 0 aliphatic carbocycles. The summed E-state index contributed by atoms with van der Waals surface area (Å²) in [5.41, 5.74) is 0.913. The van der Waals surface area contributed by atoms with Crippen molar-refractivity contribution < 1.29 is 18.0 Å². The standard InChI is InChI=1S/C21H14F3N3O2S2/c1-11-6-15(2-3-16(11)24)27-20(29)19-17(4-5-30-19)26-21(27)31-10-18(28)25-14-8-12(22)7-13(23)9-14/h2-9H,10H2,1H3,(H,25,28). The first-order valence-corrected chi connectivity index (χ1v) is 10.8. The first-order chi connectivity index (χ1) is 14.8. The van der Waals surface area contributed by atoms with E-state index in [1.54, 1.807) is 18.4 Å². The fourth-order valence-corrected chi connectivity index (χ4v) is 4.51. The number of hydrogen-bond donors (Lipinski definition) is 1. The molecule has 31 heavy (non-hydrogen) atoms. The van der Waals surface area contributed by atoms with Crippen LogP contribution in [0.2, 0.25) is 0 Å². The van der Waals surface area contributed by atoms with Crippen molar-refractivity contribution in [2.45, 2.75) is 12.1 Å². The summed E-state index contributed by atoms with van der Waals surface area (Å²) >= 11 is 2.22. The molecule has 2 heterocycles. The van der Waals surface area contributed by atoms with E-state index < -0.39 is 23.4 Å². The maximum atomic E-state index is 13.7. The van der Waals surface area contributed by atoms with E-state index in [-0.39, 0.29) is 22.2 Å². The normalized spacial score (nSPS) is 11.1. The third-order valence-electron chi connectivity index (χ3n) is 4.33. The number of halogens is 3. The molecule has 0 aliphatic rings. The smallest absolute Gasteiger partial charge is 0.276 e. The van der Waals surface area contributed by atoms with Gasteiger partial charge in [0.25, 0.3) is 5.56 Å². The molecule has 0 atom stereocenters. The van der Waals surface area contributed by atoms with Gasteiger partial charge in [-0.3, -0.25) is 14.2 Å². The highest BCUT2D eigenvalue weighted by Crippen LogP contribution is 2.25. The average Bonchev–Trinajstić information content (AvgIpc) is 3.17. The lowest BCUT2D eigenvalue weighted by molar-refractivity contribution is -0.113. The molecule has 5 nitrogen and oxygen atoms in total. The van der Waals surface area contributed by atoms with Gasteiger partial charge in [0.2, 0.25) is 5.91 Å². The number of nitrogens with one attached hydrogen (secondary N) is 1.